The average molecular weight is 730 g/mol. The Morgan fingerprint density at radius 2 is 1.56 bits per heavy atom. The Morgan fingerprint density at radius 3 is 2.15 bits per heavy atom. The number of esters is 1. The summed E-state index contributed by atoms with van der Waals surface area (Å²) in [6, 6.07) is 7.48. The van der Waals surface area contributed by atoms with Gasteiger partial charge in [0.05, 0.1) is 30.6 Å². The number of aliphatic hydroxyl groups excluding tert-OH is 4. The number of hydrogen-bond donors (Lipinski definition) is 10. The minimum absolute atomic E-state index is 0.0710. The third-order valence-corrected chi connectivity index (χ3v) is 8.24. The van der Waals surface area contributed by atoms with E-state index in [1.54, 1.807) is 71.0 Å². The van der Waals surface area contributed by atoms with Gasteiger partial charge in [0.25, 0.3) is 0 Å². The van der Waals surface area contributed by atoms with Crippen LogP contribution in [0, 0.1) is 5.92 Å². The van der Waals surface area contributed by atoms with Gasteiger partial charge in [-0.2, -0.15) is 0 Å². The summed E-state index contributed by atoms with van der Waals surface area (Å²) in [6.45, 7) is 13.3. The summed E-state index contributed by atoms with van der Waals surface area (Å²) in [4.78, 5) is 38.3. The van der Waals surface area contributed by atoms with Gasteiger partial charge in [0, 0.05) is 24.2 Å². The number of aliphatic hydroxyl groups is 4. The van der Waals surface area contributed by atoms with Crippen molar-refractivity contribution in [3.05, 3.63) is 59.7 Å². The second-order valence-corrected chi connectivity index (χ2v) is 14.5. The van der Waals surface area contributed by atoms with Crippen LogP contribution < -0.4 is 31.3 Å². The lowest BCUT2D eigenvalue weighted by Crippen LogP contribution is -2.61. The van der Waals surface area contributed by atoms with Gasteiger partial charge >= 0.3 is 5.97 Å². The fourth-order valence-electron chi connectivity index (χ4n) is 5.62. The average Bonchev–Trinajstić information content (AvgIpc) is 3.02. The van der Waals surface area contributed by atoms with Crippen molar-refractivity contribution in [3.63, 3.8) is 0 Å². The van der Waals surface area contributed by atoms with E-state index >= 15 is 0 Å². The van der Waals surface area contributed by atoms with E-state index in [-0.39, 0.29) is 30.4 Å². The SMILES string of the molecule is CC(=O)NC(Cc1ccc(O)cc1)C(O)NC(C(=O)NC(C)C(O)NC(CC(=O)OC(C)(C)C)C(O)Nc1ccc2c(c1)OC(O)C=C2C)C(C)C. The number of ether oxygens (including phenoxy) is 2. The highest BCUT2D eigenvalue weighted by molar-refractivity contribution is 5.82. The number of carbonyl (C=O) groups is 3. The summed E-state index contributed by atoms with van der Waals surface area (Å²) in [5.41, 5.74) is 1.91. The number of carbonyl (C=O) groups excluding carboxylic acids is 3. The van der Waals surface area contributed by atoms with Crippen molar-refractivity contribution < 1.29 is 49.4 Å². The summed E-state index contributed by atoms with van der Waals surface area (Å²) in [7, 11) is 0. The lowest BCUT2D eigenvalue weighted by molar-refractivity contribution is -0.156. The Morgan fingerprint density at radius 1 is 0.904 bits per heavy atom. The van der Waals surface area contributed by atoms with Crippen LogP contribution in [0.4, 0.5) is 5.69 Å². The van der Waals surface area contributed by atoms with Gasteiger partial charge in [0.15, 0.2) is 0 Å². The minimum Gasteiger partial charge on any atom is -0.508 e. The first-order chi connectivity index (χ1) is 24.2. The zero-order chi connectivity index (χ0) is 38.9. The smallest absolute Gasteiger partial charge is 0.308 e. The van der Waals surface area contributed by atoms with Crippen molar-refractivity contribution in [1.82, 2.24) is 21.3 Å². The largest absolute Gasteiger partial charge is 0.508 e. The first kappa shape index (κ1) is 42.2. The van der Waals surface area contributed by atoms with Crippen molar-refractivity contribution in [2.75, 3.05) is 5.32 Å². The topological polar surface area (TPSA) is 231 Å². The second-order valence-electron chi connectivity index (χ2n) is 14.5. The van der Waals surface area contributed by atoms with E-state index in [4.69, 9.17) is 9.47 Å². The molecule has 288 valence electrons. The number of fused-ring (bicyclic) bond motifs is 1. The molecule has 0 aromatic heterocycles. The number of rotatable bonds is 17. The summed E-state index contributed by atoms with van der Waals surface area (Å²) >= 11 is 0. The van der Waals surface area contributed by atoms with Crippen LogP contribution >= 0.6 is 0 Å². The van der Waals surface area contributed by atoms with Crippen LogP contribution in [0.5, 0.6) is 11.5 Å². The molecule has 15 heteroatoms. The summed E-state index contributed by atoms with van der Waals surface area (Å²) < 4.78 is 11.0. The van der Waals surface area contributed by atoms with E-state index in [0.717, 1.165) is 16.7 Å². The van der Waals surface area contributed by atoms with Crippen molar-refractivity contribution in [1.29, 1.82) is 0 Å². The Balaban J connectivity index is 1.72. The van der Waals surface area contributed by atoms with E-state index < -0.39 is 66.6 Å². The van der Waals surface area contributed by atoms with Crippen LogP contribution in [0.25, 0.3) is 5.57 Å². The number of phenolic OH excluding ortho intramolecular Hbond substituents is 1. The third-order valence-electron chi connectivity index (χ3n) is 8.24. The van der Waals surface area contributed by atoms with Crippen molar-refractivity contribution in [2.24, 2.45) is 5.92 Å². The molecule has 1 aliphatic rings. The fraction of sp³-hybridized carbons (Fsp3) is 0.541. The van der Waals surface area contributed by atoms with E-state index in [2.05, 4.69) is 26.6 Å². The molecule has 52 heavy (non-hydrogen) atoms. The van der Waals surface area contributed by atoms with Crippen LogP contribution in [0.2, 0.25) is 0 Å². The van der Waals surface area contributed by atoms with Gasteiger partial charge in [-0.05, 0) is 88.4 Å². The van der Waals surface area contributed by atoms with E-state index in [0.29, 0.717) is 11.4 Å². The van der Waals surface area contributed by atoms with Crippen molar-refractivity contribution in [2.45, 2.75) is 123 Å². The number of benzene rings is 2. The number of anilines is 1. The first-order valence-corrected chi connectivity index (χ1v) is 17.3. The van der Waals surface area contributed by atoms with Gasteiger partial charge in [0.2, 0.25) is 18.1 Å². The number of allylic oxidation sites excluding steroid dienone is 1. The van der Waals surface area contributed by atoms with Crippen LogP contribution in [-0.4, -0.2) is 98.1 Å². The van der Waals surface area contributed by atoms with Gasteiger partial charge in [-0.1, -0.05) is 26.0 Å². The van der Waals surface area contributed by atoms with Gasteiger partial charge in [-0.15, -0.1) is 0 Å². The maximum absolute atomic E-state index is 13.5. The molecule has 0 fully saturated rings. The lowest BCUT2D eigenvalue weighted by atomic mass is 10.00. The summed E-state index contributed by atoms with van der Waals surface area (Å²) in [6.07, 6.45) is -4.00. The molecule has 0 saturated heterocycles. The Hall–Kier alpha value is -4.25. The molecule has 0 spiro atoms. The Labute approximate surface area is 304 Å². The summed E-state index contributed by atoms with van der Waals surface area (Å²) in [5.74, 6) is -1.48. The van der Waals surface area contributed by atoms with Gasteiger partial charge in [-0.3, -0.25) is 25.0 Å². The van der Waals surface area contributed by atoms with Gasteiger partial charge in [0.1, 0.15) is 35.8 Å². The predicted molar refractivity (Wildman–Crippen MR) is 195 cm³/mol. The zero-order valence-electron chi connectivity index (χ0n) is 31.0. The summed E-state index contributed by atoms with van der Waals surface area (Å²) in [5, 5.41) is 67.2. The number of phenols is 1. The van der Waals surface area contributed by atoms with Gasteiger partial charge < -0.3 is 51.0 Å². The van der Waals surface area contributed by atoms with Gasteiger partial charge in [-0.25, -0.2) is 0 Å². The molecule has 0 aliphatic carbocycles. The molecular formula is C37H55N5O10. The highest BCUT2D eigenvalue weighted by atomic mass is 16.6. The normalized spacial score (nSPS) is 18.3. The Bertz CT molecular complexity index is 1540. The molecule has 3 rings (SSSR count). The molecule has 2 aromatic rings. The molecule has 1 aliphatic heterocycles. The van der Waals surface area contributed by atoms with Crippen LogP contribution in [0.15, 0.2) is 48.5 Å². The van der Waals surface area contributed by atoms with Crippen molar-refractivity contribution >= 4 is 29.0 Å². The molecule has 15 nitrogen and oxygen atoms in total. The number of aromatic hydroxyl groups is 1. The van der Waals surface area contributed by atoms with Crippen LogP contribution in [0.1, 0.15) is 72.9 Å². The molecule has 2 aromatic carbocycles. The maximum atomic E-state index is 13.5. The molecule has 8 atom stereocenters. The van der Waals surface area contributed by atoms with E-state index in [1.165, 1.54) is 26.0 Å². The maximum Gasteiger partial charge on any atom is 0.308 e. The monoisotopic (exact) mass is 729 g/mol. The number of amides is 2. The number of hydrogen-bond acceptors (Lipinski definition) is 13. The third kappa shape index (κ3) is 13.1. The van der Waals surface area contributed by atoms with Crippen LogP contribution in [0.3, 0.4) is 0 Å². The molecule has 0 saturated carbocycles. The molecule has 0 radical (unpaired) electrons. The van der Waals surface area contributed by atoms with E-state index in [9.17, 15) is 39.9 Å². The molecule has 0 bridgehead atoms. The standard InChI is InChI=1S/C37H55N5O10/c1-19(2)32(42-35(49)27(39-22(5)43)16-23-9-12-25(44)13-10-23)36(50)38-21(4)33(47)41-28(18-31(46)52-37(6,7)8)34(48)40-24-11-14-26-20(3)15-30(45)51-29(26)17-24/h9-15,17,19,21,27-28,30,32-35,40-42,44-45,47-49H,16,18H2,1-8H3,(H,38,50)(H,39,43). The van der Waals surface area contributed by atoms with E-state index in [1.807, 2.05) is 6.92 Å². The molecular weight excluding hydrogens is 674 g/mol. The first-order valence-electron chi connectivity index (χ1n) is 17.3. The zero-order valence-corrected chi connectivity index (χ0v) is 31.0. The molecule has 10 N–H and O–H groups in total. The predicted octanol–water partition coefficient (Wildman–Crippen LogP) is 1.43. The minimum atomic E-state index is -1.47. The highest BCUT2D eigenvalue weighted by Crippen LogP contribution is 2.33. The van der Waals surface area contributed by atoms with Crippen molar-refractivity contribution in [3.8, 4) is 11.5 Å². The number of nitrogens with one attached hydrogen (secondary N) is 5. The molecule has 2 amide bonds. The lowest BCUT2D eigenvalue weighted by Gasteiger charge is -2.33. The molecule has 8 unspecified atom stereocenters. The fourth-order valence-corrected chi connectivity index (χ4v) is 5.62. The Kier molecular flexibility index (Phi) is 15.0. The quantitative estimate of drug-likeness (QED) is 0.0822. The highest BCUT2D eigenvalue weighted by Gasteiger charge is 2.33. The molecule has 1 heterocycles. The second kappa shape index (κ2) is 18.5. The van der Waals surface area contributed by atoms with Crippen LogP contribution in [-0.2, 0) is 25.5 Å².